The third-order valence-electron chi connectivity index (χ3n) is 15.4. The molecule has 1 aliphatic heterocycles. The van der Waals surface area contributed by atoms with Crippen LogP contribution < -0.4 is 14.2 Å². The van der Waals surface area contributed by atoms with Crippen LogP contribution in [0.1, 0.15) is 57.6 Å². The van der Waals surface area contributed by atoms with E-state index in [1.807, 2.05) is 48.5 Å². The summed E-state index contributed by atoms with van der Waals surface area (Å²) >= 11 is 0. The Morgan fingerprint density at radius 1 is 0.625 bits per heavy atom. The van der Waals surface area contributed by atoms with Gasteiger partial charge in [-0.25, -0.2) is 0 Å². The van der Waals surface area contributed by atoms with Crippen LogP contribution in [0.3, 0.4) is 0 Å². The largest absolute Gasteiger partial charge is 0.496 e. The molecule has 7 aromatic rings. The monoisotopic (exact) mass is 732 g/mol. The smallest absolute Gasteiger partial charge is 0.320 e. The van der Waals surface area contributed by atoms with E-state index in [0.29, 0.717) is 5.75 Å². The number of fused-ring (bicyclic) bond motifs is 11. The fraction of sp³-hybridized carbons (Fsp3) is 0.240. The second kappa shape index (κ2) is 10.2. The van der Waals surface area contributed by atoms with Gasteiger partial charge in [-0.3, -0.25) is 9.59 Å². The van der Waals surface area contributed by atoms with Gasteiger partial charge in [0.05, 0.1) is 19.6 Å². The minimum absolute atomic E-state index is 0.0611. The zero-order chi connectivity index (χ0) is 37.3. The summed E-state index contributed by atoms with van der Waals surface area (Å²) in [5, 5.41) is 5.68. The maximum atomic E-state index is 16.5. The summed E-state index contributed by atoms with van der Waals surface area (Å²) in [6.07, 6.45) is 0.782. The van der Waals surface area contributed by atoms with Gasteiger partial charge in [0.25, 0.3) is 0 Å². The van der Waals surface area contributed by atoms with Crippen molar-refractivity contribution in [2.24, 2.45) is 22.7 Å². The Morgan fingerprint density at radius 2 is 1.12 bits per heavy atom. The van der Waals surface area contributed by atoms with Crippen molar-refractivity contribution in [1.82, 2.24) is 0 Å². The summed E-state index contributed by atoms with van der Waals surface area (Å²) in [7, 11) is 3.49. The summed E-state index contributed by atoms with van der Waals surface area (Å²) < 4.78 is 26.3. The Labute approximate surface area is 322 Å². The average molecular weight is 733 g/mol. The third-order valence-corrected chi connectivity index (χ3v) is 15.4. The van der Waals surface area contributed by atoms with Crippen LogP contribution in [-0.2, 0) is 19.7 Å². The van der Waals surface area contributed by atoms with Gasteiger partial charge >= 0.3 is 11.9 Å². The van der Waals surface area contributed by atoms with Gasteiger partial charge < -0.3 is 18.9 Å². The first kappa shape index (κ1) is 31.1. The van der Waals surface area contributed by atoms with Crippen molar-refractivity contribution >= 4 is 44.3 Å². The molecule has 6 unspecified atom stereocenters. The molecular weight excluding hydrogens is 697 g/mol. The number of carbonyl (C=O) groups is 2. The highest BCUT2D eigenvalue weighted by atomic mass is 16.6. The molecule has 6 nitrogen and oxygen atoms in total. The van der Waals surface area contributed by atoms with Gasteiger partial charge in [-0.05, 0) is 69.2 Å². The average Bonchev–Trinajstić information content (AvgIpc) is 3.89. The van der Waals surface area contributed by atoms with E-state index in [1.54, 1.807) is 14.2 Å². The summed E-state index contributed by atoms with van der Waals surface area (Å²) in [5.74, 6) is 0.560. The molecule has 272 valence electrons. The molecule has 1 saturated heterocycles. The number of rotatable bonds is 4. The van der Waals surface area contributed by atoms with Crippen LogP contribution in [-0.4, -0.2) is 32.8 Å². The van der Waals surface area contributed by atoms with E-state index < -0.39 is 22.2 Å². The first-order chi connectivity index (χ1) is 27.5. The highest BCUT2D eigenvalue weighted by Crippen LogP contribution is 2.93. The normalized spacial score (nSPS) is 30.5. The van der Waals surface area contributed by atoms with Gasteiger partial charge in [0, 0.05) is 38.6 Å². The molecule has 6 aliphatic carbocycles. The SMILES string of the molecule is COc1c2c(c(OC)c3ccccc13)C1CC2C2C1C13C(=O)OCC14c1ccccc1C(c1ccccc14)C23C(=O)Oc1c2ccccc2cc2ccccc12. The minimum atomic E-state index is -1.28. The standard InChI is InChI=1S/C50H36O6/c1-53-44-30-17-7-8-18-31(30)45(54-2)39-35-24-34(38(39)44)41-42(35)50-47(52)55-25-48(50)36-21-11-9-19-32(36)40(33-20-10-12-22-37(33)48)49(41,50)46(51)56-43-28-15-5-3-13-26(28)23-27-14-4-6-16-29(27)43/h3-23,34-35,40-42H,24-25H2,1-2H3. The fourth-order valence-corrected chi connectivity index (χ4v) is 14.1. The van der Waals surface area contributed by atoms with Crippen LogP contribution >= 0.6 is 0 Å². The van der Waals surface area contributed by atoms with Gasteiger partial charge in [-0.15, -0.1) is 0 Å². The van der Waals surface area contributed by atoms with Crippen molar-refractivity contribution in [1.29, 1.82) is 0 Å². The molecule has 7 aromatic carbocycles. The van der Waals surface area contributed by atoms with Crippen molar-refractivity contribution < 1.29 is 28.5 Å². The zero-order valence-corrected chi connectivity index (χ0v) is 30.9. The Kier molecular flexibility index (Phi) is 5.65. The van der Waals surface area contributed by atoms with E-state index in [0.717, 1.165) is 83.6 Å². The van der Waals surface area contributed by atoms with Crippen LogP contribution in [0.25, 0.3) is 32.3 Å². The fourth-order valence-electron chi connectivity index (χ4n) is 14.1. The van der Waals surface area contributed by atoms with E-state index in [1.165, 1.54) is 0 Å². The zero-order valence-electron chi connectivity index (χ0n) is 30.9. The van der Waals surface area contributed by atoms with Crippen molar-refractivity contribution in [3.05, 3.63) is 161 Å². The lowest BCUT2D eigenvalue weighted by atomic mass is 9.21. The number of ether oxygens (including phenoxy) is 4. The van der Waals surface area contributed by atoms with Crippen LogP contribution in [0.15, 0.2) is 127 Å². The van der Waals surface area contributed by atoms with Crippen molar-refractivity contribution in [3.8, 4) is 17.2 Å². The lowest BCUT2D eigenvalue weighted by Gasteiger charge is -2.77. The topological polar surface area (TPSA) is 71.1 Å². The highest BCUT2D eigenvalue weighted by Gasteiger charge is 2.96. The summed E-state index contributed by atoms with van der Waals surface area (Å²) in [5.41, 5.74) is 3.18. The molecule has 1 heterocycles. The van der Waals surface area contributed by atoms with Gasteiger partial charge in [0.2, 0.25) is 0 Å². The minimum Gasteiger partial charge on any atom is -0.496 e. The molecule has 3 fully saturated rings. The first-order valence-corrected chi connectivity index (χ1v) is 19.7. The summed E-state index contributed by atoms with van der Waals surface area (Å²) in [6.45, 7) is 0.171. The first-order valence-electron chi connectivity index (χ1n) is 19.7. The molecule has 6 atom stereocenters. The second-order valence-electron chi connectivity index (χ2n) is 16.7. The van der Waals surface area contributed by atoms with E-state index >= 15 is 9.59 Å². The number of cyclic esters (lactones) is 1. The maximum absolute atomic E-state index is 16.5. The molecule has 7 aliphatic rings. The van der Waals surface area contributed by atoms with E-state index in [9.17, 15) is 0 Å². The number of hydrogen-bond acceptors (Lipinski definition) is 6. The Balaban J connectivity index is 1.15. The summed E-state index contributed by atoms with van der Waals surface area (Å²) in [4.78, 5) is 32.0. The van der Waals surface area contributed by atoms with Gasteiger partial charge in [-0.1, -0.05) is 121 Å². The number of hydrogen-bond donors (Lipinski definition) is 0. The number of esters is 2. The van der Waals surface area contributed by atoms with Crippen LogP contribution in [0.5, 0.6) is 17.2 Å². The third kappa shape index (κ3) is 3.01. The van der Waals surface area contributed by atoms with E-state index in [2.05, 4.69) is 78.9 Å². The predicted octanol–water partition coefficient (Wildman–Crippen LogP) is 9.57. The second-order valence-corrected chi connectivity index (χ2v) is 16.7. The molecule has 0 N–H and O–H groups in total. The molecule has 0 radical (unpaired) electrons. The Morgan fingerprint density at radius 3 is 1.70 bits per heavy atom. The number of methoxy groups -OCH3 is 2. The van der Waals surface area contributed by atoms with E-state index in [-0.39, 0.29) is 42.2 Å². The van der Waals surface area contributed by atoms with Gasteiger partial charge in [-0.2, -0.15) is 0 Å². The quantitative estimate of drug-likeness (QED) is 0.102. The van der Waals surface area contributed by atoms with E-state index in [4.69, 9.17) is 18.9 Å². The van der Waals surface area contributed by atoms with Crippen molar-refractivity contribution in [3.63, 3.8) is 0 Å². The molecule has 2 spiro atoms. The summed E-state index contributed by atoms with van der Waals surface area (Å²) in [6, 6.07) is 43.6. The number of benzene rings is 7. The highest BCUT2D eigenvalue weighted by molar-refractivity contribution is 6.09. The molecule has 56 heavy (non-hydrogen) atoms. The van der Waals surface area contributed by atoms with Crippen LogP contribution in [0, 0.1) is 22.7 Å². The van der Waals surface area contributed by atoms with Crippen LogP contribution in [0.4, 0.5) is 0 Å². The van der Waals surface area contributed by atoms with Crippen molar-refractivity contribution in [2.75, 3.05) is 20.8 Å². The molecule has 14 rings (SSSR count). The molecule has 4 bridgehead atoms. The van der Waals surface area contributed by atoms with Gasteiger partial charge in [0.1, 0.15) is 34.7 Å². The predicted molar refractivity (Wildman–Crippen MR) is 213 cm³/mol. The number of carbonyl (C=O) groups excluding carboxylic acids is 2. The molecule has 2 saturated carbocycles. The lowest BCUT2D eigenvalue weighted by molar-refractivity contribution is -0.247. The molecule has 0 amide bonds. The maximum Gasteiger partial charge on any atom is 0.320 e. The molecule has 0 aromatic heterocycles. The van der Waals surface area contributed by atoms with Crippen molar-refractivity contribution in [2.45, 2.75) is 29.6 Å². The lowest BCUT2D eigenvalue weighted by Crippen LogP contribution is -2.83. The Hall–Kier alpha value is -6.14. The Bertz CT molecular complexity index is 2860. The molecular formula is C50H36O6. The molecule has 6 heteroatoms. The van der Waals surface area contributed by atoms with Crippen LogP contribution in [0.2, 0.25) is 0 Å². The van der Waals surface area contributed by atoms with Gasteiger partial charge in [0.15, 0.2) is 0 Å².